The Balaban J connectivity index is 2.70. The van der Waals surface area contributed by atoms with Crippen molar-refractivity contribution in [3.63, 3.8) is 0 Å². The second kappa shape index (κ2) is 6.38. The molecule has 0 heterocycles. The fourth-order valence-corrected chi connectivity index (χ4v) is 2.46. The predicted octanol–water partition coefficient (Wildman–Crippen LogP) is 4.26. The van der Waals surface area contributed by atoms with Gasteiger partial charge in [0.2, 0.25) is 0 Å². The molecule has 0 radical (unpaired) electrons. The third-order valence-electron chi connectivity index (χ3n) is 3.70. The van der Waals surface area contributed by atoms with Crippen LogP contribution >= 0.6 is 0 Å². The van der Waals surface area contributed by atoms with Crippen LogP contribution in [0.25, 0.3) is 0 Å². The van der Waals surface area contributed by atoms with Crippen molar-refractivity contribution < 1.29 is 0 Å². The summed E-state index contributed by atoms with van der Waals surface area (Å²) in [6, 6.07) is 7.36. The van der Waals surface area contributed by atoms with E-state index >= 15 is 0 Å². The van der Waals surface area contributed by atoms with Crippen molar-refractivity contribution in [1.29, 1.82) is 0 Å². The molecule has 1 aromatic carbocycles. The molecule has 0 saturated heterocycles. The van der Waals surface area contributed by atoms with Crippen LogP contribution < -0.4 is 5.32 Å². The number of hydrogen-bond acceptors (Lipinski definition) is 1. The highest BCUT2D eigenvalue weighted by molar-refractivity contribution is 5.30. The highest BCUT2D eigenvalue weighted by Crippen LogP contribution is 2.24. The van der Waals surface area contributed by atoms with E-state index < -0.39 is 0 Å². The Kier molecular flexibility index (Phi) is 5.40. The minimum absolute atomic E-state index is 0.327. The molecule has 1 N–H and O–H groups in total. The lowest BCUT2D eigenvalue weighted by atomic mass is 9.83. The molecule has 0 amide bonds. The summed E-state index contributed by atoms with van der Waals surface area (Å²) >= 11 is 0. The predicted molar refractivity (Wildman–Crippen MR) is 81.2 cm³/mol. The average Bonchev–Trinajstić information content (AvgIpc) is 2.27. The lowest BCUT2D eigenvalue weighted by molar-refractivity contribution is 0.258. The lowest BCUT2D eigenvalue weighted by Crippen LogP contribution is -2.40. The van der Waals surface area contributed by atoms with E-state index in [0.717, 1.165) is 6.54 Å². The van der Waals surface area contributed by atoms with Gasteiger partial charge in [0.25, 0.3) is 0 Å². The third kappa shape index (κ3) is 4.45. The van der Waals surface area contributed by atoms with Gasteiger partial charge in [-0.2, -0.15) is 0 Å². The first-order chi connectivity index (χ1) is 8.34. The molecule has 0 aromatic heterocycles. The molecular formula is C17H29N. The topological polar surface area (TPSA) is 12.0 Å². The van der Waals surface area contributed by atoms with E-state index in [0.29, 0.717) is 11.5 Å². The van der Waals surface area contributed by atoms with Crippen LogP contribution in [-0.2, 0) is 6.42 Å². The first-order valence-corrected chi connectivity index (χ1v) is 7.14. The molecule has 1 rings (SSSR count). The normalized spacial score (nSPS) is 13.7. The zero-order valence-corrected chi connectivity index (χ0v) is 12.9. The largest absolute Gasteiger partial charge is 0.314 e. The van der Waals surface area contributed by atoms with Crippen molar-refractivity contribution in [2.24, 2.45) is 5.41 Å². The Morgan fingerprint density at radius 2 is 1.83 bits per heavy atom. The maximum atomic E-state index is 3.63. The molecule has 0 bridgehead atoms. The van der Waals surface area contributed by atoms with Gasteiger partial charge in [-0.15, -0.1) is 0 Å². The number of aryl methyl sites for hydroxylation is 3. The number of benzene rings is 1. The molecule has 1 atom stereocenters. The van der Waals surface area contributed by atoms with Gasteiger partial charge < -0.3 is 5.32 Å². The molecule has 1 nitrogen and oxygen atoms in total. The molecule has 0 saturated carbocycles. The summed E-state index contributed by atoms with van der Waals surface area (Å²) < 4.78 is 0. The van der Waals surface area contributed by atoms with Crippen molar-refractivity contribution in [2.75, 3.05) is 6.54 Å². The van der Waals surface area contributed by atoms with Gasteiger partial charge in [-0.25, -0.2) is 0 Å². The SMILES string of the molecule is CCNC(CCc1cc(C)ccc1C)C(C)(C)C. The molecule has 102 valence electrons. The highest BCUT2D eigenvalue weighted by Gasteiger charge is 2.23. The second-order valence-electron chi connectivity index (χ2n) is 6.44. The number of hydrogen-bond donors (Lipinski definition) is 1. The fraction of sp³-hybridized carbons (Fsp3) is 0.647. The van der Waals surface area contributed by atoms with Crippen LogP contribution in [0.1, 0.15) is 50.8 Å². The van der Waals surface area contributed by atoms with Crippen LogP contribution in [0.5, 0.6) is 0 Å². The highest BCUT2D eigenvalue weighted by atomic mass is 14.9. The first kappa shape index (κ1) is 15.2. The van der Waals surface area contributed by atoms with Crippen LogP contribution in [-0.4, -0.2) is 12.6 Å². The van der Waals surface area contributed by atoms with E-state index in [1.165, 1.54) is 29.5 Å². The molecule has 0 aliphatic rings. The van der Waals surface area contributed by atoms with Gasteiger partial charge in [-0.3, -0.25) is 0 Å². The molecule has 1 unspecified atom stereocenters. The van der Waals surface area contributed by atoms with Crippen LogP contribution in [0.2, 0.25) is 0 Å². The number of rotatable bonds is 5. The third-order valence-corrected chi connectivity index (χ3v) is 3.70. The fourth-order valence-electron chi connectivity index (χ4n) is 2.46. The Labute approximate surface area is 113 Å². The molecule has 0 aliphatic heterocycles. The van der Waals surface area contributed by atoms with E-state index in [9.17, 15) is 0 Å². The summed E-state index contributed by atoms with van der Waals surface area (Å²) in [5, 5.41) is 3.63. The van der Waals surface area contributed by atoms with E-state index in [4.69, 9.17) is 0 Å². The summed E-state index contributed by atoms with van der Waals surface area (Å²) in [4.78, 5) is 0. The van der Waals surface area contributed by atoms with Crippen LogP contribution in [0.4, 0.5) is 0 Å². The maximum Gasteiger partial charge on any atom is 0.0119 e. The van der Waals surface area contributed by atoms with E-state index in [2.05, 4.69) is 65.1 Å². The minimum Gasteiger partial charge on any atom is -0.314 e. The molecule has 0 aliphatic carbocycles. The summed E-state index contributed by atoms with van der Waals surface area (Å²) in [7, 11) is 0. The van der Waals surface area contributed by atoms with Gasteiger partial charge in [0.05, 0.1) is 0 Å². The van der Waals surface area contributed by atoms with Crippen LogP contribution in [0, 0.1) is 19.3 Å². The van der Waals surface area contributed by atoms with E-state index in [-0.39, 0.29) is 0 Å². The molecule has 0 spiro atoms. The molecular weight excluding hydrogens is 218 g/mol. The van der Waals surface area contributed by atoms with Gasteiger partial charge in [0.1, 0.15) is 0 Å². The summed E-state index contributed by atoms with van der Waals surface area (Å²) in [6.45, 7) is 14.6. The quantitative estimate of drug-likeness (QED) is 0.819. The van der Waals surface area contributed by atoms with Crippen molar-refractivity contribution >= 4 is 0 Å². The molecule has 1 aromatic rings. The van der Waals surface area contributed by atoms with Gasteiger partial charge in [0.15, 0.2) is 0 Å². The summed E-state index contributed by atoms with van der Waals surface area (Å²) in [5.74, 6) is 0. The Morgan fingerprint density at radius 3 is 2.39 bits per heavy atom. The second-order valence-corrected chi connectivity index (χ2v) is 6.44. The van der Waals surface area contributed by atoms with Crippen LogP contribution in [0.3, 0.4) is 0 Å². The molecule has 1 heteroatoms. The molecule has 18 heavy (non-hydrogen) atoms. The smallest absolute Gasteiger partial charge is 0.0119 e. The van der Waals surface area contributed by atoms with Gasteiger partial charge >= 0.3 is 0 Å². The lowest BCUT2D eigenvalue weighted by Gasteiger charge is -2.31. The van der Waals surface area contributed by atoms with Crippen LogP contribution in [0.15, 0.2) is 18.2 Å². The Bertz CT molecular complexity index is 374. The molecule has 0 fully saturated rings. The van der Waals surface area contributed by atoms with Crippen molar-refractivity contribution in [3.05, 3.63) is 34.9 Å². The summed E-state index contributed by atoms with van der Waals surface area (Å²) in [6.07, 6.45) is 2.38. The van der Waals surface area contributed by atoms with Gasteiger partial charge in [0, 0.05) is 6.04 Å². The van der Waals surface area contributed by atoms with Crippen molar-refractivity contribution in [2.45, 2.75) is 60.4 Å². The zero-order valence-electron chi connectivity index (χ0n) is 12.9. The number of nitrogens with one attached hydrogen (secondary N) is 1. The first-order valence-electron chi connectivity index (χ1n) is 7.14. The minimum atomic E-state index is 0.327. The Morgan fingerprint density at radius 1 is 1.17 bits per heavy atom. The van der Waals surface area contributed by atoms with E-state index in [1.54, 1.807) is 0 Å². The van der Waals surface area contributed by atoms with Crippen molar-refractivity contribution in [1.82, 2.24) is 5.32 Å². The Hall–Kier alpha value is -0.820. The maximum absolute atomic E-state index is 3.63. The van der Waals surface area contributed by atoms with Gasteiger partial charge in [-0.05, 0) is 49.8 Å². The van der Waals surface area contributed by atoms with Crippen molar-refractivity contribution in [3.8, 4) is 0 Å². The monoisotopic (exact) mass is 247 g/mol. The van der Waals surface area contributed by atoms with E-state index in [1.807, 2.05) is 0 Å². The van der Waals surface area contributed by atoms with Gasteiger partial charge in [-0.1, -0.05) is 51.5 Å². The standard InChI is InChI=1S/C17H29N/c1-7-18-16(17(4,5)6)11-10-15-12-13(2)8-9-14(15)3/h8-9,12,16,18H,7,10-11H2,1-6H3. The zero-order chi connectivity index (χ0) is 13.8. The average molecular weight is 247 g/mol. The summed E-state index contributed by atoms with van der Waals surface area (Å²) in [5.41, 5.74) is 4.62.